The average Bonchev–Trinajstić information content (AvgIpc) is 3.56. The van der Waals surface area contributed by atoms with Crippen molar-refractivity contribution in [1.82, 2.24) is 35.3 Å². The minimum absolute atomic E-state index is 0. The van der Waals surface area contributed by atoms with Gasteiger partial charge < -0.3 is 30.3 Å². The molecule has 1 fully saturated rings. The fourth-order valence-electron chi connectivity index (χ4n) is 5.87. The topological polar surface area (TPSA) is 129 Å². The minimum atomic E-state index is -0.748. The van der Waals surface area contributed by atoms with Gasteiger partial charge in [0.1, 0.15) is 23.4 Å². The Morgan fingerprint density at radius 2 is 1.84 bits per heavy atom. The third kappa shape index (κ3) is 8.08. The van der Waals surface area contributed by atoms with Crippen molar-refractivity contribution in [2.45, 2.75) is 64.6 Å². The molecule has 0 unspecified atom stereocenters. The number of carbonyl (C=O) groups excluding carboxylic acids is 4. The molecule has 5 rings (SSSR count). The summed E-state index contributed by atoms with van der Waals surface area (Å²) in [6.07, 6.45) is 4.62. The van der Waals surface area contributed by atoms with Crippen LogP contribution < -0.4 is 16.0 Å². The van der Waals surface area contributed by atoms with Crippen LogP contribution >= 0.6 is 24.8 Å². The first-order chi connectivity index (χ1) is 20.2. The number of carbonyl (C=O) groups is 4. The van der Waals surface area contributed by atoms with Crippen LogP contribution in [0.2, 0.25) is 0 Å². The Labute approximate surface area is 269 Å². The molecule has 2 bridgehead atoms. The number of aromatic nitrogens is 2. The van der Waals surface area contributed by atoms with Gasteiger partial charge in [0.05, 0.1) is 12.1 Å². The predicted molar refractivity (Wildman–Crippen MR) is 168 cm³/mol. The van der Waals surface area contributed by atoms with Crippen molar-refractivity contribution in [2.75, 3.05) is 39.3 Å². The summed E-state index contributed by atoms with van der Waals surface area (Å²) >= 11 is 0. The Morgan fingerprint density at radius 1 is 1.05 bits per heavy atom. The van der Waals surface area contributed by atoms with E-state index in [1.807, 2.05) is 18.4 Å². The number of benzene rings is 1. The molecule has 4 amide bonds. The molecular weight excluding hydrogens is 612 g/mol. The molecule has 1 aromatic heterocycles. The van der Waals surface area contributed by atoms with E-state index in [0.717, 1.165) is 24.5 Å². The highest BCUT2D eigenvalue weighted by Crippen LogP contribution is 2.23. The molecule has 0 radical (unpaired) electrons. The Kier molecular flexibility index (Phi) is 12.6. The quantitative estimate of drug-likeness (QED) is 0.455. The number of hydrogen-bond acceptors (Lipinski definition) is 6. The summed E-state index contributed by atoms with van der Waals surface area (Å²) in [4.78, 5) is 61.4. The molecule has 242 valence electrons. The second-order valence-corrected chi connectivity index (χ2v) is 11.7. The number of rotatable bonds is 2. The zero-order chi connectivity index (χ0) is 29.8. The van der Waals surface area contributed by atoms with E-state index in [-0.39, 0.29) is 72.8 Å². The lowest BCUT2D eigenvalue weighted by atomic mass is 10.0. The number of nitrogens with one attached hydrogen (secondary N) is 3. The third-order valence-corrected chi connectivity index (χ3v) is 8.35. The van der Waals surface area contributed by atoms with Crippen LogP contribution in [0.4, 0.5) is 4.39 Å². The molecule has 3 aliphatic heterocycles. The molecule has 0 aliphatic carbocycles. The normalized spacial score (nSPS) is 21.6. The van der Waals surface area contributed by atoms with Crippen LogP contribution in [0.3, 0.4) is 0 Å². The van der Waals surface area contributed by atoms with Crippen molar-refractivity contribution in [3.05, 3.63) is 52.9 Å². The number of halogens is 3. The summed E-state index contributed by atoms with van der Waals surface area (Å²) in [5.41, 5.74) is 0.991. The Morgan fingerprint density at radius 3 is 2.61 bits per heavy atom. The Hall–Kier alpha value is -3.22. The molecule has 4 heterocycles. The first-order valence-electron chi connectivity index (χ1n) is 14.9. The maximum Gasteiger partial charge on any atom is 0.274 e. The van der Waals surface area contributed by atoms with E-state index in [9.17, 15) is 23.6 Å². The molecule has 3 aliphatic rings. The van der Waals surface area contributed by atoms with Gasteiger partial charge >= 0.3 is 0 Å². The molecule has 14 heteroatoms. The number of aryl methyl sites for hydroxylation is 1. The van der Waals surface area contributed by atoms with Crippen LogP contribution in [0.25, 0.3) is 0 Å². The van der Waals surface area contributed by atoms with Gasteiger partial charge in [-0.1, -0.05) is 19.9 Å². The van der Waals surface area contributed by atoms with Gasteiger partial charge in [-0.2, -0.15) is 0 Å². The number of hydrogen-bond donors (Lipinski definition) is 3. The Bertz CT molecular complexity index is 1330. The number of imidazole rings is 1. The lowest BCUT2D eigenvalue weighted by Crippen LogP contribution is -2.55. The summed E-state index contributed by atoms with van der Waals surface area (Å²) in [5, 5.41) is 9.24. The fourth-order valence-corrected chi connectivity index (χ4v) is 5.87. The average molecular weight is 655 g/mol. The standard InChI is InChI=1S/C30H40FN7O4.2ClH/c1-19(2)23-16-37(30(42)24-17-36-14-12-32-11-9-26(36)34-24)18-27(39)33-10-3-5-20-7-8-22(31)21(15-20)29(41)38-13-4-6-25(38)28(40)35-23;;/h7-8,15,17,19,23,25,32H,3-6,9-14,16,18H2,1-2H3,(H,33,39)(H,35,40);2*1H/t23-,25-;;/m0../s1. The zero-order valence-electron chi connectivity index (χ0n) is 25.1. The van der Waals surface area contributed by atoms with E-state index < -0.39 is 23.8 Å². The molecule has 0 spiro atoms. The van der Waals surface area contributed by atoms with Crippen LogP contribution in [-0.4, -0.2) is 94.3 Å². The third-order valence-electron chi connectivity index (χ3n) is 8.35. The van der Waals surface area contributed by atoms with Crippen molar-refractivity contribution in [1.29, 1.82) is 0 Å². The molecule has 0 saturated carbocycles. The maximum absolute atomic E-state index is 14.8. The van der Waals surface area contributed by atoms with Gasteiger partial charge in [0.2, 0.25) is 11.8 Å². The van der Waals surface area contributed by atoms with Gasteiger partial charge in [-0.05, 0) is 49.3 Å². The van der Waals surface area contributed by atoms with Gasteiger partial charge in [-0.25, -0.2) is 9.37 Å². The summed E-state index contributed by atoms with van der Waals surface area (Å²) in [6, 6.07) is 3.22. The van der Waals surface area contributed by atoms with Crippen LogP contribution in [0.15, 0.2) is 24.4 Å². The summed E-state index contributed by atoms with van der Waals surface area (Å²) in [5.74, 6) is -1.43. The van der Waals surface area contributed by atoms with Crippen LogP contribution in [-0.2, 0) is 29.0 Å². The van der Waals surface area contributed by atoms with E-state index in [2.05, 4.69) is 20.9 Å². The first-order valence-corrected chi connectivity index (χ1v) is 14.9. The highest BCUT2D eigenvalue weighted by molar-refractivity contribution is 5.98. The first kappa shape index (κ1) is 35.3. The van der Waals surface area contributed by atoms with E-state index >= 15 is 0 Å². The predicted octanol–water partition coefficient (Wildman–Crippen LogP) is 1.96. The monoisotopic (exact) mass is 653 g/mol. The van der Waals surface area contributed by atoms with E-state index in [1.165, 1.54) is 15.9 Å². The lowest BCUT2D eigenvalue weighted by Gasteiger charge is -2.32. The summed E-state index contributed by atoms with van der Waals surface area (Å²) in [7, 11) is 0. The zero-order valence-corrected chi connectivity index (χ0v) is 26.8. The lowest BCUT2D eigenvalue weighted by molar-refractivity contribution is -0.126. The van der Waals surface area contributed by atoms with Gasteiger partial charge in [0, 0.05) is 57.9 Å². The highest BCUT2D eigenvalue weighted by Gasteiger charge is 2.37. The second-order valence-electron chi connectivity index (χ2n) is 11.7. The second kappa shape index (κ2) is 15.7. The molecule has 2 aromatic rings. The molecule has 2 atom stereocenters. The molecule has 11 nitrogen and oxygen atoms in total. The van der Waals surface area contributed by atoms with E-state index in [0.29, 0.717) is 51.7 Å². The molecule has 44 heavy (non-hydrogen) atoms. The number of nitrogens with zero attached hydrogens (tertiary/aromatic N) is 4. The largest absolute Gasteiger partial charge is 0.355 e. The van der Waals surface area contributed by atoms with Crippen molar-refractivity contribution < 1.29 is 23.6 Å². The van der Waals surface area contributed by atoms with Crippen LogP contribution in [0.5, 0.6) is 0 Å². The van der Waals surface area contributed by atoms with Crippen molar-refractivity contribution in [3.63, 3.8) is 0 Å². The highest BCUT2D eigenvalue weighted by atomic mass is 35.5. The van der Waals surface area contributed by atoms with Crippen molar-refractivity contribution >= 4 is 48.4 Å². The molecule has 3 N–H and O–H groups in total. The van der Waals surface area contributed by atoms with Crippen LogP contribution in [0.1, 0.15) is 65.3 Å². The Balaban J connectivity index is 0.00000264. The fraction of sp³-hybridized carbons (Fsp3) is 0.567. The SMILES string of the molecule is CC(C)[C@@H]1CN(C(=O)c2cn3c(n2)CCNCC3)CC(=O)NCCCc2ccc(F)c(c2)C(=O)N2CCC[C@H]2C(=O)N1.Cl.Cl. The van der Waals surface area contributed by atoms with Gasteiger partial charge in [0.25, 0.3) is 11.8 Å². The van der Waals surface area contributed by atoms with E-state index in [1.54, 1.807) is 18.3 Å². The van der Waals surface area contributed by atoms with Crippen molar-refractivity contribution in [2.24, 2.45) is 5.92 Å². The van der Waals surface area contributed by atoms with Crippen LogP contribution in [0, 0.1) is 11.7 Å². The smallest absolute Gasteiger partial charge is 0.274 e. The summed E-state index contributed by atoms with van der Waals surface area (Å²) in [6.45, 7) is 6.73. The number of fused-ring (bicyclic) bond motifs is 4. The summed E-state index contributed by atoms with van der Waals surface area (Å²) < 4.78 is 16.7. The van der Waals surface area contributed by atoms with Crippen molar-refractivity contribution in [3.8, 4) is 0 Å². The number of amides is 4. The van der Waals surface area contributed by atoms with Gasteiger partial charge in [-0.15, -0.1) is 24.8 Å². The molecular formula is C30H42Cl2FN7O4. The van der Waals surface area contributed by atoms with Gasteiger partial charge in [0.15, 0.2) is 0 Å². The van der Waals surface area contributed by atoms with Gasteiger partial charge in [-0.3, -0.25) is 19.2 Å². The molecule has 1 saturated heterocycles. The molecule has 1 aromatic carbocycles. The minimum Gasteiger partial charge on any atom is -0.355 e. The van der Waals surface area contributed by atoms with E-state index in [4.69, 9.17) is 0 Å². The maximum atomic E-state index is 14.8.